The van der Waals surface area contributed by atoms with Gasteiger partial charge in [-0.3, -0.25) is 9.79 Å². The van der Waals surface area contributed by atoms with E-state index in [9.17, 15) is 18.0 Å². The number of aliphatic imine (C=N–C) groups is 2. The van der Waals surface area contributed by atoms with Gasteiger partial charge in [-0.05, 0) is 18.2 Å². The minimum absolute atomic E-state index is 0.00433. The Morgan fingerprint density at radius 3 is 2.52 bits per heavy atom. The Hall–Kier alpha value is -3.16. The van der Waals surface area contributed by atoms with Crippen LogP contribution < -0.4 is 11.1 Å². The molecule has 0 fully saturated rings. The maximum absolute atomic E-state index is 13.4. The predicted molar refractivity (Wildman–Crippen MR) is 98.6 cm³/mol. The zero-order valence-electron chi connectivity index (χ0n) is 14.5. The average molecular weight is 374 g/mol. The Kier molecular flexibility index (Phi) is 4.98. The van der Waals surface area contributed by atoms with Gasteiger partial charge in [-0.15, -0.1) is 0 Å². The number of fused-ring (bicyclic) bond motifs is 1. The first-order valence-electron chi connectivity index (χ1n) is 8.28. The fraction of sp³-hybridized carbons (Fsp3) is 0.211. The molecule has 0 aromatic heterocycles. The number of carbonyl (C=O) groups is 1. The van der Waals surface area contributed by atoms with Crippen molar-refractivity contribution >= 4 is 28.8 Å². The lowest BCUT2D eigenvalue weighted by atomic mass is 9.97. The number of carbonyl (C=O) groups excluding carboxylic acids is 1. The molecule has 1 amide bonds. The summed E-state index contributed by atoms with van der Waals surface area (Å²) >= 11 is 0. The zero-order valence-corrected chi connectivity index (χ0v) is 14.5. The van der Waals surface area contributed by atoms with Crippen molar-refractivity contribution in [1.82, 2.24) is 0 Å². The maximum Gasteiger partial charge on any atom is 0.418 e. The topological polar surface area (TPSA) is 79.8 Å². The molecule has 3 rings (SSSR count). The number of amides is 1. The van der Waals surface area contributed by atoms with E-state index < -0.39 is 11.7 Å². The highest BCUT2D eigenvalue weighted by molar-refractivity contribution is 6.17. The third-order valence-corrected chi connectivity index (χ3v) is 4.01. The molecule has 2 aromatic carbocycles. The molecule has 0 saturated carbocycles. The average Bonchev–Trinajstić information content (AvgIpc) is 2.79. The smallest absolute Gasteiger partial charge is 0.386 e. The van der Waals surface area contributed by atoms with Crippen molar-refractivity contribution in [2.24, 2.45) is 15.7 Å². The third kappa shape index (κ3) is 3.99. The zero-order chi connectivity index (χ0) is 19.6. The van der Waals surface area contributed by atoms with Gasteiger partial charge in [0, 0.05) is 23.2 Å². The molecule has 3 N–H and O–H groups in total. The van der Waals surface area contributed by atoms with Crippen LogP contribution in [0.25, 0.3) is 0 Å². The number of halogens is 3. The highest BCUT2D eigenvalue weighted by Gasteiger charge is 2.35. The second kappa shape index (κ2) is 7.22. The number of nitrogens with one attached hydrogen (secondary N) is 1. The molecule has 8 heteroatoms. The van der Waals surface area contributed by atoms with E-state index in [0.717, 1.165) is 6.07 Å². The first-order valence-corrected chi connectivity index (χ1v) is 8.28. The Labute approximate surface area is 153 Å². The highest BCUT2D eigenvalue weighted by Crippen LogP contribution is 2.39. The number of hydrogen-bond donors (Lipinski definition) is 2. The molecule has 0 saturated heterocycles. The molecule has 0 radical (unpaired) electrons. The van der Waals surface area contributed by atoms with Gasteiger partial charge in [-0.1, -0.05) is 31.2 Å². The summed E-state index contributed by atoms with van der Waals surface area (Å²) in [6.45, 7) is 1.74. The standard InChI is InChI=1S/C19H17F3N4O/c1-2-16(27)25-12-8-6-11(7-9-12)17-13-4-3-5-14(19(20,21)22)18(13)26-15(23)10-24-17/h3-9H,2,10H2,1H3,(H2,23,26)(H,25,27). The molecule has 0 aliphatic carbocycles. The lowest BCUT2D eigenvalue weighted by Crippen LogP contribution is -2.15. The Bertz CT molecular complexity index is 931. The fourth-order valence-electron chi connectivity index (χ4n) is 2.72. The molecular formula is C19H17F3N4O. The molecule has 0 unspecified atom stereocenters. The fourth-order valence-corrected chi connectivity index (χ4v) is 2.72. The number of alkyl halides is 3. The van der Waals surface area contributed by atoms with E-state index in [1.807, 2.05) is 0 Å². The van der Waals surface area contributed by atoms with Crippen molar-refractivity contribution in [2.75, 3.05) is 11.9 Å². The van der Waals surface area contributed by atoms with Crippen LogP contribution in [0.2, 0.25) is 0 Å². The van der Waals surface area contributed by atoms with Crippen molar-refractivity contribution in [3.63, 3.8) is 0 Å². The van der Waals surface area contributed by atoms with Crippen molar-refractivity contribution in [3.8, 4) is 0 Å². The van der Waals surface area contributed by atoms with Gasteiger partial charge in [0.1, 0.15) is 5.84 Å². The van der Waals surface area contributed by atoms with Crippen LogP contribution in [0, 0.1) is 0 Å². The van der Waals surface area contributed by atoms with Gasteiger partial charge in [-0.25, -0.2) is 4.99 Å². The van der Waals surface area contributed by atoms with Crippen LogP contribution in [-0.4, -0.2) is 24.0 Å². The normalized spacial score (nSPS) is 13.9. The van der Waals surface area contributed by atoms with Gasteiger partial charge in [-0.2, -0.15) is 13.2 Å². The second-order valence-corrected chi connectivity index (χ2v) is 5.95. The van der Waals surface area contributed by atoms with Crippen LogP contribution in [0.1, 0.15) is 30.0 Å². The van der Waals surface area contributed by atoms with Gasteiger partial charge >= 0.3 is 6.18 Å². The lowest BCUT2D eigenvalue weighted by molar-refractivity contribution is -0.137. The van der Waals surface area contributed by atoms with E-state index >= 15 is 0 Å². The number of benzene rings is 2. The van der Waals surface area contributed by atoms with Crippen LogP contribution in [0.5, 0.6) is 0 Å². The van der Waals surface area contributed by atoms with E-state index in [2.05, 4.69) is 15.3 Å². The number of para-hydroxylation sites is 1. The molecule has 1 heterocycles. The van der Waals surface area contributed by atoms with Gasteiger partial charge in [0.25, 0.3) is 0 Å². The first kappa shape index (κ1) is 18.6. The molecule has 1 aliphatic rings. The summed E-state index contributed by atoms with van der Waals surface area (Å²) in [5.41, 5.74) is 6.47. The monoisotopic (exact) mass is 374 g/mol. The molecule has 140 valence electrons. The number of nitrogens with two attached hydrogens (primary N) is 1. The Morgan fingerprint density at radius 1 is 1.19 bits per heavy atom. The number of nitrogens with zero attached hydrogens (tertiary/aromatic N) is 2. The minimum atomic E-state index is -4.56. The molecule has 0 atom stereocenters. The SMILES string of the molecule is CCC(=O)Nc1ccc(C2=NCC(N)=Nc3c2cccc3C(F)(F)F)cc1. The lowest BCUT2D eigenvalue weighted by Gasteiger charge is -2.14. The number of rotatable bonds is 3. The van der Waals surface area contributed by atoms with Crippen LogP contribution in [0.3, 0.4) is 0 Å². The number of anilines is 1. The molecule has 1 aliphatic heterocycles. The summed E-state index contributed by atoms with van der Waals surface area (Å²) in [5, 5.41) is 2.72. The molecule has 27 heavy (non-hydrogen) atoms. The van der Waals surface area contributed by atoms with Gasteiger partial charge < -0.3 is 11.1 Å². The van der Waals surface area contributed by atoms with Gasteiger partial charge in [0.05, 0.1) is 23.5 Å². The highest BCUT2D eigenvalue weighted by atomic mass is 19.4. The van der Waals surface area contributed by atoms with Gasteiger partial charge in [0.15, 0.2) is 0 Å². The summed E-state index contributed by atoms with van der Waals surface area (Å²) in [6, 6.07) is 10.6. The van der Waals surface area contributed by atoms with E-state index in [0.29, 0.717) is 23.4 Å². The maximum atomic E-state index is 13.4. The number of amidine groups is 1. The van der Waals surface area contributed by atoms with Crippen molar-refractivity contribution in [3.05, 3.63) is 59.2 Å². The summed E-state index contributed by atoms with van der Waals surface area (Å²) in [7, 11) is 0. The summed E-state index contributed by atoms with van der Waals surface area (Å²) in [5.74, 6) is -0.120. The van der Waals surface area contributed by atoms with E-state index in [4.69, 9.17) is 5.73 Å². The summed E-state index contributed by atoms with van der Waals surface area (Å²) in [4.78, 5) is 19.8. The third-order valence-electron chi connectivity index (χ3n) is 4.01. The molecule has 2 aromatic rings. The van der Waals surface area contributed by atoms with E-state index in [1.54, 1.807) is 31.2 Å². The van der Waals surface area contributed by atoms with Crippen LogP contribution in [-0.2, 0) is 11.0 Å². The molecule has 0 bridgehead atoms. The number of hydrogen-bond acceptors (Lipinski definition) is 4. The molecular weight excluding hydrogens is 357 g/mol. The second-order valence-electron chi connectivity index (χ2n) is 5.95. The quantitative estimate of drug-likeness (QED) is 0.855. The van der Waals surface area contributed by atoms with Crippen molar-refractivity contribution < 1.29 is 18.0 Å². The molecule has 5 nitrogen and oxygen atoms in total. The summed E-state index contributed by atoms with van der Waals surface area (Å²) in [6.07, 6.45) is -4.21. The minimum Gasteiger partial charge on any atom is -0.386 e. The van der Waals surface area contributed by atoms with Crippen LogP contribution >= 0.6 is 0 Å². The van der Waals surface area contributed by atoms with Crippen LogP contribution in [0.15, 0.2) is 52.4 Å². The first-order chi connectivity index (χ1) is 12.8. The Balaban J connectivity index is 2.06. The van der Waals surface area contributed by atoms with E-state index in [1.165, 1.54) is 12.1 Å². The van der Waals surface area contributed by atoms with Crippen LogP contribution in [0.4, 0.5) is 24.5 Å². The summed E-state index contributed by atoms with van der Waals surface area (Å²) < 4.78 is 40.1. The van der Waals surface area contributed by atoms with Gasteiger partial charge in [0.2, 0.25) is 5.91 Å². The predicted octanol–water partition coefficient (Wildman–Crippen LogP) is 3.89. The molecule has 0 spiro atoms. The Morgan fingerprint density at radius 2 is 1.89 bits per heavy atom. The van der Waals surface area contributed by atoms with E-state index in [-0.39, 0.29) is 29.5 Å². The van der Waals surface area contributed by atoms with Crippen molar-refractivity contribution in [2.45, 2.75) is 19.5 Å². The van der Waals surface area contributed by atoms with Crippen molar-refractivity contribution in [1.29, 1.82) is 0 Å². The largest absolute Gasteiger partial charge is 0.418 e.